The summed E-state index contributed by atoms with van der Waals surface area (Å²) in [6, 6.07) is 7.69. The van der Waals surface area contributed by atoms with E-state index in [0.29, 0.717) is 0 Å². The molecule has 0 fully saturated rings. The Bertz CT molecular complexity index is 338. The molecule has 1 aromatic rings. The monoisotopic (exact) mass is 269 g/mol. The lowest BCUT2D eigenvalue weighted by atomic mass is 10.1. The third kappa shape index (κ3) is 3.34. The highest BCUT2D eigenvalue weighted by Gasteiger charge is 2.12. The largest absolute Gasteiger partial charge is 0.342 e. The Balaban J connectivity index is 2.72. The maximum absolute atomic E-state index is 12.0. The molecule has 0 N–H and O–H groups in total. The van der Waals surface area contributed by atoms with E-state index in [1.807, 2.05) is 38.2 Å². The fraction of sp³-hybridized carbons (Fsp3) is 0.417. The van der Waals surface area contributed by atoms with Crippen LogP contribution in [0.25, 0.3) is 0 Å². The van der Waals surface area contributed by atoms with E-state index in [0.717, 1.165) is 29.4 Å². The average molecular weight is 270 g/mol. The maximum Gasteiger partial charge on any atom is 0.253 e. The molecule has 0 saturated carbocycles. The van der Waals surface area contributed by atoms with Crippen LogP contribution in [0.4, 0.5) is 0 Å². The number of nitrogens with zero attached hydrogens (tertiary/aromatic N) is 1. The summed E-state index contributed by atoms with van der Waals surface area (Å²) in [5, 5.41) is 0.929. The number of aryl methyl sites for hydroxylation is 1. The van der Waals surface area contributed by atoms with Gasteiger partial charge in [0.1, 0.15) is 0 Å². The van der Waals surface area contributed by atoms with Crippen molar-refractivity contribution >= 4 is 21.8 Å². The number of rotatable bonds is 4. The summed E-state index contributed by atoms with van der Waals surface area (Å²) in [6.45, 7) is 2.75. The van der Waals surface area contributed by atoms with Crippen LogP contribution in [0.3, 0.4) is 0 Å². The molecule has 15 heavy (non-hydrogen) atoms. The van der Waals surface area contributed by atoms with Crippen LogP contribution in [0.15, 0.2) is 24.3 Å². The minimum Gasteiger partial charge on any atom is -0.342 e. The molecular formula is C12H16BrNO. The Hall–Kier alpha value is -0.830. The van der Waals surface area contributed by atoms with Crippen LogP contribution in [0, 0.1) is 6.92 Å². The van der Waals surface area contributed by atoms with Crippen molar-refractivity contribution in [2.24, 2.45) is 0 Å². The van der Waals surface area contributed by atoms with E-state index < -0.39 is 0 Å². The lowest BCUT2D eigenvalue weighted by molar-refractivity contribution is 0.0795. The molecule has 0 spiro atoms. The second kappa shape index (κ2) is 5.91. The van der Waals surface area contributed by atoms with Gasteiger partial charge < -0.3 is 4.90 Å². The second-order valence-electron chi connectivity index (χ2n) is 3.58. The lowest BCUT2D eigenvalue weighted by Crippen LogP contribution is -2.28. The van der Waals surface area contributed by atoms with Crippen molar-refractivity contribution in [1.82, 2.24) is 4.90 Å². The number of halogens is 1. The van der Waals surface area contributed by atoms with Crippen molar-refractivity contribution in [2.75, 3.05) is 18.9 Å². The molecule has 0 atom stereocenters. The molecule has 1 aromatic carbocycles. The van der Waals surface area contributed by atoms with Crippen molar-refractivity contribution in [3.63, 3.8) is 0 Å². The highest BCUT2D eigenvalue weighted by atomic mass is 79.9. The van der Waals surface area contributed by atoms with Gasteiger partial charge in [0.25, 0.3) is 5.91 Å². The SMILES string of the molecule is Cc1ccccc1C(=O)N(C)CCCBr. The molecular weight excluding hydrogens is 254 g/mol. The first kappa shape index (κ1) is 12.2. The van der Waals surface area contributed by atoms with Gasteiger partial charge in [-0.1, -0.05) is 34.1 Å². The van der Waals surface area contributed by atoms with Gasteiger partial charge in [-0.2, -0.15) is 0 Å². The molecule has 2 nitrogen and oxygen atoms in total. The summed E-state index contributed by atoms with van der Waals surface area (Å²) in [5.41, 5.74) is 1.84. The first-order chi connectivity index (χ1) is 7.16. The van der Waals surface area contributed by atoms with Crippen LogP contribution in [0.5, 0.6) is 0 Å². The van der Waals surface area contributed by atoms with Gasteiger partial charge in [0, 0.05) is 24.5 Å². The van der Waals surface area contributed by atoms with Crippen LogP contribution in [-0.4, -0.2) is 29.7 Å². The molecule has 0 aliphatic carbocycles. The van der Waals surface area contributed by atoms with Crippen LogP contribution in [-0.2, 0) is 0 Å². The number of hydrogen-bond acceptors (Lipinski definition) is 1. The molecule has 0 radical (unpaired) electrons. The van der Waals surface area contributed by atoms with Crippen molar-refractivity contribution in [1.29, 1.82) is 0 Å². The second-order valence-corrected chi connectivity index (χ2v) is 4.38. The van der Waals surface area contributed by atoms with Gasteiger partial charge >= 0.3 is 0 Å². The number of benzene rings is 1. The fourth-order valence-electron chi connectivity index (χ4n) is 1.42. The minimum absolute atomic E-state index is 0.106. The number of alkyl halides is 1. The zero-order valence-corrected chi connectivity index (χ0v) is 10.8. The van der Waals surface area contributed by atoms with Crippen molar-refractivity contribution in [3.8, 4) is 0 Å². The predicted molar refractivity (Wildman–Crippen MR) is 66.6 cm³/mol. The average Bonchev–Trinajstić information content (AvgIpc) is 2.25. The van der Waals surface area contributed by atoms with E-state index in [4.69, 9.17) is 0 Å². The molecule has 0 unspecified atom stereocenters. The molecule has 0 aliphatic heterocycles. The Morgan fingerprint density at radius 1 is 1.40 bits per heavy atom. The van der Waals surface area contributed by atoms with Crippen LogP contribution < -0.4 is 0 Å². The zero-order chi connectivity index (χ0) is 11.3. The van der Waals surface area contributed by atoms with Crippen molar-refractivity contribution in [3.05, 3.63) is 35.4 Å². The zero-order valence-electron chi connectivity index (χ0n) is 9.16. The Morgan fingerprint density at radius 3 is 2.67 bits per heavy atom. The third-order valence-electron chi connectivity index (χ3n) is 2.35. The van der Waals surface area contributed by atoms with Gasteiger partial charge in [0.2, 0.25) is 0 Å². The van der Waals surface area contributed by atoms with Gasteiger partial charge in [-0.15, -0.1) is 0 Å². The highest BCUT2D eigenvalue weighted by molar-refractivity contribution is 9.09. The summed E-state index contributed by atoms with van der Waals surface area (Å²) < 4.78 is 0. The summed E-state index contributed by atoms with van der Waals surface area (Å²) >= 11 is 3.36. The Labute approximate surface area is 99.4 Å². The van der Waals surface area contributed by atoms with Crippen LogP contribution >= 0.6 is 15.9 Å². The number of hydrogen-bond donors (Lipinski definition) is 0. The predicted octanol–water partition coefficient (Wildman–Crippen LogP) is 2.85. The molecule has 1 amide bonds. The molecule has 0 aromatic heterocycles. The Morgan fingerprint density at radius 2 is 2.07 bits per heavy atom. The third-order valence-corrected chi connectivity index (χ3v) is 2.91. The minimum atomic E-state index is 0.106. The molecule has 82 valence electrons. The van der Waals surface area contributed by atoms with Gasteiger partial charge in [-0.3, -0.25) is 4.79 Å². The Kier molecular flexibility index (Phi) is 4.82. The van der Waals surface area contributed by atoms with E-state index in [1.54, 1.807) is 4.90 Å². The summed E-state index contributed by atoms with van der Waals surface area (Å²) in [4.78, 5) is 13.7. The van der Waals surface area contributed by atoms with Crippen LogP contribution in [0.2, 0.25) is 0 Å². The molecule has 0 heterocycles. The van der Waals surface area contributed by atoms with E-state index >= 15 is 0 Å². The number of amides is 1. The van der Waals surface area contributed by atoms with E-state index in [1.165, 1.54) is 0 Å². The lowest BCUT2D eigenvalue weighted by Gasteiger charge is -2.17. The van der Waals surface area contributed by atoms with E-state index in [-0.39, 0.29) is 5.91 Å². The number of carbonyl (C=O) groups excluding carboxylic acids is 1. The first-order valence-electron chi connectivity index (χ1n) is 5.04. The molecule has 3 heteroatoms. The van der Waals surface area contributed by atoms with Gasteiger partial charge in [-0.05, 0) is 25.0 Å². The molecule has 1 rings (SSSR count). The van der Waals surface area contributed by atoms with E-state index in [2.05, 4.69) is 15.9 Å². The smallest absolute Gasteiger partial charge is 0.253 e. The normalized spacial score (nSPS) is 10.1. The molecule has 0 aliphatic rings. The van der Waals surface area contributed by atoms with Gasteiger partial charge in [0.15, 0.2) is 0 Å². The van der Waals surface area contributed by atoms with Crippen LogP contribution in [0.1, 0.15) is 22.3 Å². The van der Waals surface area contributed by atoms with Crippen molar-refractivity contribution < 1.29 is 4.79 Å². The van der Waals surface area contributed by atoms with Gasteiger partial charge in [-0.25, -0.2) is 0 Å². The first-order valence-corrected chi connectivity index (χ1v) is 6.16. The highest BCUT2D eigenvalue weighted by Crippen LogP contribution is 2.09. The van der Waals surface area contributed by atoms with E-state index in [9.17, 15) is 4.79 Å². The maximum atomic E-state index is 12.0. The topological polar surface area (TPSA) is 20.3 Å². The van der Waals surface area contributed by atoms with Crippen molar-refractivity contribution in [2.45, 2.75) is 13.3 Å². The summed E-state index contributed by atoms with van der Waals surface area (Å²) in [5.74, 6) is 0.106. The standard InChI is InChI=1S/C12H16BrNO/c1-10-6-3-4-7-11(10)12(15)14(2)9-5-8-13/h3-4,6-7H,5,8-9H2,1-2H3. The fourth-order valence-corrected chi connectivity index (χ4v) is 1.67. The number of carbonyl (C=O) groups is 1. The molecule has 0 saturated heterocycles. The molecule has 0 bridgehead atoms. The summed E-state index contributed by atoms with van der Waals surface area (Å²) in [6.07, 6.45) is 0.980. The van der Waals surface area contributed by atoms with Gasteiger partial charge in [0.05, 0.1) is 0 Å². The summed E-state index contributed by atoms with van der Waals surface area (Å²) in [7, 11) is 1.84. The quantitative estimate of drug-likeness (QED) is 0.770.